The van der Waals surface area contributed by atoms with Gasteiger partial charge in [-0.2, -0.15) is 0 Å². The fraction of sp³-hybridized carbons (Fsp3) is 0.462. The molecule has 1 unspecified atom stereocenters. The van der Waals surface area contributed by atoms with Crippen molar-refractivity contribution >= 4 is 17.3 Å². The maximum absolute atomic E-state index is 13.0. The van der Waals surface area contributed by atoms with E-state index < -0.39 is 0 Å². The van der Waals surface area contributed by atoms with Crippen LogP contribution in [-0.4, -0.2) is 28.9 Å². The zero-order chi connectivity index (χ0) is 13.1. The number of halogens is 2. The van der Waals surface area contributed by atoms with E-state index in [1.54, 1.807) is 12.1 Å². The van der Waals surface area contributed by atoms with Crippen LogP contribution in [0.1, 0.15) is 18.9 Å². The van der Waals surface area contributed by atoms with Gasteiger partial charge in [0.05, 0.1) is 10.7 Å². The second-order valence-corrected chi connectivity index (χ2v) is 5.13. The van der Waals surface area contributed by atoms with Crippen LogP contribution in [0.25, 0.3) is 0 Å². The average molecular weight is 271 g/mol. The molecule has 1 heterocycles. The molecule has 1 N–H and O–H groups in total. The van der Waals surface area contributed by atoms with Gasteiger partial charge >= 0.3 is 0 Å². The third-order valence-corrected chi connectivity index (χ3v) is 3.59. The Bertz CT molecular complexity index is 464. The number of nitrogens with zero attached hydrogens (tertiary/aromatic N) is 2. The summed E-state index contributed by atoms with van der Waals surface area (Å²) in [7, 11) is 0. The summed E-state index contributed by atoms with van der Waals surface area (Å²) >= 11 is 5.76. The van der Waals surface area contributed by atoms with Crippen molar-refractivity contribution in [3.63, 3.8) is 0 Å². The molecule has 98 valence electrons. The van der Waals surface area contributed by atoms with Crippen molar-refractivity contribution in [2.45, 2.75) is 19.9 Å². The predicted octanol–water partition coefficient (Wildman–Crippen LogP) is 3.15. The minimum atomic E-state index is -0.387. The summed E-state index contributed by atoms with van der Waals surface area (Å²) in [5.41, 5.74) is 1.85. The van der Waals surface area contributed by atoms with Crippen molar-refractivity contribution < 1.29 is 9.60 Å². The fourth-order valence-corrected chi connectivity index (χ4v) is 2.49. The molecule has 1 aliphatic heterocycles. The number of hydrogen-bond acceptors (Lipinski definition) is 3. The highest BCUT2D eigenvalue weighted by atomic mass is 35.5. The minimum Gasteiger partial charge on any atom is -0.411 e. The zero-order valence-corrected chi connectivity index (χ0v) is 11.0. The summed E-state index contributed by atoms with van der Waals surface area (Å²) in [6.45, 7) is 4.47. The molecule has 0 radical (unpaired) electrons. The van der Waals surface area contributed by atoms with Crippen molar-refractivity contribution in [3.8, 4) is 0 Å². The van der Waals surface area contributed by atoms with Gasteiger partial charge in [-0.3, -0.25) is 4.90 Å². The normalized spacial score (nSPS) is 23.5. The molecule has 0 aromatic heterocycles. The molecule has 1 saturated heterocycles. The van der Waals surface area contributed by atoms with Gasteiger partial charge in [-0.1, -0.05) is 29.7 Å². The summed E-state index contributed by atoms with van der Waals surface area (Å²) in [5, 5.41) is 12.3. The van der Waals surface area contributed by atoms with Crippen LogP contribution < -0.4 is 0 Å². The lowest BCUT2D eigenvalue weighted by Crippen LogP contribution is -2.39. The molecule has 5 heteroatoms. The molecular weight excluding hydrogens is 255 g/mol. The Morgan fingerprint density at radius 1 is 1.56 bits per heavy atom. The van der Waals surface area contributed by atoms with Gasteiger partial charge in [0.2, 0.25) is 0 Å². The predicted molar refractivity (Wildman–Crippen MR) is 69.7 cm³/mol. The van der Waals surface area contributed by atoms with E-state index in [2.05, 4.69) is 10.1 Å². The third kappa shape index (κ3) is 3.00. The first-order valence-electron chi connectivity index (χ1n) is 5.97. The monoisotopic (exact) mass is 270 g/mol. The van der Waals surface area contributed by atoms with Crippen molar-refractivity contribution in [3.05, 3.63) is 34.6 Å². The molecule has 3 nitrogen and oxygen atoms in total. The topological polar surface area (TPSA) is 35.8 Å². The quantitative estimate of drug-likeness (QED) is 0.662. The lowest BCUT2D eigenvalue weighted by molar-refractivity contribution is 0.228. The average Bonchev–Trinajstić information content (AvgIpc) is 2.34. The third-order valence-electron chi connectivity index (χ3n) is 3.30. The maximum atomic E-state index is 13.0. The van der Waals surface area contributed by atoms with E-state index in [-0.39, 0.29) is 16.8 Å². The number of piperidine rings is 1. The van der Waals surface area contributed by atoms with Gasteiger partial charge in [0.25, 0.3) is 0 Å². The molecule has 1 aromatic carbocycles. The van der Waals surface area contributed by atoms with Gasteiger partial charge in [0.15, 0.2) is 0 Å². The Labute approximate surface area is 111 Å². The van der Waals surface area contributed by atoms with E-state index in [1.165, 1.54) is 6.07 Å². The fourth-order valence-electron chi connectivity index (χ4n) is 2.29. The molecule has 2 rings (SSSR count). The second kappa shape index (κ2) is 5.67. The van der Waals surface area contributed by atoms with Crippen LogP contribution in [0.15, 0.2) is 23.4 Å². The molecule has 0 saturated carbocycles. The molecule has 0 bridgehead atoms. The van der Waals surface area contributed by atoms with E-state index in [9.17, 15) is 4.39 Å². The van der Waals surface area contributed by atoms with Crippen LogP contribution in [0.4, 0.5) is 4.39 Å². The second-order valence-electron chi connectivity index (χ2n) is 4.73. The summed E-state index contributed by atoms with van der Waals surface area (Å²) in [6, 6.07) is 4.81. The van der Waals surface area contributed by atoms with Gasteiger partial charge in [0, 0.05) is 32.0 Å². The van der Waals surface area contributed by atoms with Crippen molar-refractivity contribution in [2.75, 3.05) is 13.1 Å². The molecule has 1 atom stereocenters. The lowest BCUT2D eigenvalue weighted by atomic mass is 9.97. The van der Waals surface area contributed by atoms with Gasteiger partial charge < -0.3 is 5.21 Å². The Balaban J connectivity index is 2.00. The molecule has 1 aliphatic rings. The summed E-state index contributed by atoms with van der Waals surface area (Å²) < 4.78 is 13.0. The largest absolute Gasteiger partial charge is 0.411 e. The first-order valence-corrected chi connectivity index (χ1v) is 6.35. The van der Waals surface area contributed by atoms with Crippen LogP contribution in [-0.2, 0) is 6.54 Å². The number of hydrogen-bond donors (Lipinski definition) is 1. The highest BCUT2D eigenvalue weighted by Crippen LogP contribution is 2.20. The molecule has 0 aliphatic carbocycles. The molecule has 1 fully saturated rings. The van der Waals surface area contributed by atoms with E-state index in [0.717, 1.165) is 37.3 Å². The van der Waals surface area contributed by atoms with Crippen molar-refractivity contribution in [1.82, 2.24) is 4.90 Å². The summed E-state index contributed by atoms with van der Waals surface area (Å²) in [6.07, 6.45) is 0.770. The van der Waals surface area contributed by atoms with Crippen LogP contribution in [0.5, 0.6) is 0 Å². The first kappa shape index (κ1) is 13.3. The molecule has 0 spiro atoms. The van der Waals surface area contributed by atoms with E-state index in [4.69, 9.17) is 16.8 Å². The van der Waals surface area contributed by atoms with Gasteiger partial charge in [0.1, 0.15) is 5.82 Å². The van der Waals surface area contributed by atoms with Crippen LogP contribution in [0, 0.1) is 11.7 Å². The number of benzene rings is 1. The Hall–Kier alpha value is -1.13. The van der Waals surface area contributed by atoms with Crippen molar-refractivity contribution in [1.29, 1.82) is 0 Å². The molecular formula is C13H16ClFN2O. The SMILES string of the molecule is CC1CN(Cc2ccc(F)c(Cl)c2)CC/C1=N\O. The summed E-state index contributed by atoms with van der Waals surface area (Å²) in [4.78, 5) is 2.25. The summed E-state index contributed by atoms with van der Waals surface area (Å²) in [5.74, 6) is -0.137. The smallest absolute Gasteiger partial charge is 0.141 e. The molecule has 0 amide bonds. The van der Waals surface area contributed by atoms with Crippen LogP contribution in [0.2, 0.25) is 5.02 Å². The zero-order valence-electron chi connectivity index (χ0n) is 10.2. The first-order chi connectivity index (χ1) is 8.60. The highest BCUT2D eigenvalue weighted by Gasteiger charge is 2.22. The number of oxime groups is 1. The minimum absolute atomic E-state index is 0.162. The van der Waals surface area contributed by atoms with Gasteiger partial charge in [-0.05, 0) is 17.7 Å². The van der Waals surface area contributed by atoms with Gasteiger partial charge in [-0.15, -0.1) is 0 Å². The molecule has 18 heavy (non-hydrogen) atoms. The standard InChI is InChI=1S/C13H16ClFN2O/c1-9-7-17(5-4-13(9)16-18)8-10-2-3-12(15)11(14)6-10/h2-3,6,9,18H,4-5,7-8H2,1H3/b16-13+. The maximum Gasteiger partial charge on any atom is 0.141 e. The Morgan fingerprint density at radius 3 is 2.94 bits per heavy atom. The number of likely N-dealkylation sites (tertiary alicyclic amines) is 1. The van der Waals surface area contributed by atoms with E-state index in [0.29, 0.717) is 0 Å². The Morgan fingerprint density at radius 2 is 2.33 bits per heavy atom. The van der Waals surface area contributed by atoms with E-state index >= 15 is 0 Å². The molecule has 1 aromatic rings. The van der Waals surface area contributed by atoms with Gasteiger partial charge in [-0.25, -0.2) is 4.39 Å². The highest BCUT2D eigenvalue weighted by molar-refractivity contribution is 6.30. The van der Waals surface area contributed by atoms with Crippen LogP contribution >= 0.6 is 11.6 Å². The lowest BCUT2D eigenvalue weighted by Gasteiger charge is -2.31. The van der Waals surface area contributed by atoms with E-state index in [1.807, 2.05) is 6.92 Å². The Kier molecular flexibility index (Phi) is 4.19. The van der Waals surface area contributed by atoms with Crippen LogP contribution in [0.3, 0.4) is 0 Å². The number of rotatable bonds is 2. The van der Waals surface area contributed by atoms with Crippen molar-refractivity contribution in [2.24, 2.45) is 11.1 Å².